The van der Waals surface area contributed by atoms with Crippen LogP contribution in [-0.4, -0.2) is 20.7 Å². The van der Waals surface area contributed by atoms with E-state index in [4.69, 9.17) is 11.6 Å². The normalized spacial score (nSPS) is 11.1. The van der Waals surface area contributed by atoms with Crippen molar-refractivity contribution >= 4 is 40.2 Å². The van der Waals surface area contributed by atoms with E-state index >= 15 is 0 Å². The zero-order chi connectivity index (χ0) is 19.7. The lowest BCUT2D eigenvalue weighted by Crippen LogP contribution is -2.09. The molecule has 2 N–H and O–H groups in total. The molecular weight excluding hydrogens is 394 g/mol. The number of carbonyl (C=O) groups excluding carboxylic acids is 1. The van der Waals surface area contributed by atoms with Crippen molar-refractivity contribution < 1.29 is 4.79 Å². The van der Waals surface area contributed by atoms with Crippen molar-refractivity contribution in [1.29, 1.82) is 0 Å². The van der Waals surface area contributed by atoms with Crippen LogP contribution >= 0.6 is 23.4 Å². The summed E-state index contributed by atoms with van der Waals surface area (Å²) in [5.41, 5.74) is 3.57. The van der Waals surface area contributed by atoms with E-state index in [0.29, 0.717) is 38.1 Å². The molecule has 0 saturated heterocycles. The molecule has 0 aliphatic carbocycles. The number of thioether (sulfide) groups is 1. The van der Waals surface area contributed by atoms with Crippen LogP contribution in [0, 0.1) is 6.92 Å². The van der Waals surface area contributed by atoms with Gasteiger partial charge in [0.2, 0.25) is 0 Å². The second-order valence-corrected chi connectivity index (χ2v) is 7.79. The van der Waals surface area contributed by atoms with Crippen molar-refractivity contribution in [3.8, 4) is 0 Å². The molecule has 0 saturated carbocycles. The van der Waals surface area contributed by atoms with Gasteiger partial charge in [0.25, 0.3) is 5.56 Å². The Morgan fingerprint density at radius 2 is 1.71 bits per heavy atom. The predicted octanol–water partition coefficient (Wildman–Crippen LogP) is 4.74. The van der Waals surface area contributed by atoms with Crippen LogP contribution in [0.25, 0.3) is 11.0 Å². The number of nitrogens with one attached hydrogen (secondary N) is 2. The molecule has 0 amide bonds. The second kappa shape index (κ2) is 7.66. The molecule has 4 aromatic rings. The van der Waals surface area contributed by atoms with E-state index in [2.05, 4.69) is 15.0 Å². The molecule has 0 radical (unpaired) electrons. The predicted molar refractivity (Wildman–Crippen MR) is 112 cm³/mol. The number of H-pyrrole nitrogens is 2. The van der Waals surface area contributed by atoms with Crippen LogP contribution in [0.1, 0.15) is 27.0 Å². The number of ketones is 1. The first-order chi connectivity index (χ1) is 13.5. The lowest BCUT2D eigenvalue weighted by Gasteiger charge is -2.05. The zero-order valence-corrected chi connectivity index (χ0v) is 16.5. The van der Waals surface area contributed by atoms with Gasteiger partial charge in [0, 0.05) is 28.1 Å². The van der Waals surface area contributed by atoms with Crippen LogP contribution in [-0.2, 0) is 5.75 Å². The summed E-state index contributed by atoms with van der Waals surface area (Å²) in [5.74, 6) is 0.582. The van der Waals surface area contributed by atoms with Crippen molar-refractivity contribution in [3.05, 3.63) is 92.4 Å². The summed E-state index contributed by atoms with van der Waals surface area (Å²) in [7, 11) is 0. The summed E-state index contributed by atoms with van der Waals surface area (Å²) < 4.78 is 0. The highest BCUT2D eigenvalue weighted by atomic mass is 35.5. The summed E-state index contributed by atoms with van der Waals surface area (Å²) in [6.07, 6.45) is 1.78. The third-order valence-electron chi connectivity index (χ3n) is 4.42. The van der Waals surface area contributed by atoms with Crippen LogP contribution in [0.2, 0.25) is 5.02 Å². The van der Waals surface area contributed by atoms with Gasteiger partial charge in [0.1, 0.15) is 5.65 Å². The van der Waals surface area contributed by atoms with Gasteiger partial charge in [0.05, 0.1) is 5.39 Å². The number of aromatic amines is 2. The minimum absolute atomic E-state index is 0.0468. The van der Waals surface area contributed by atoms with Gasteiger partial charge in [0.15, 0.2) is 10.9 Å². The molecule has 0 bridgehead atoms. The third-order valence-corrected chi connectivity index (χ3v) is 5.61. The molecule has 28 heavy (non-hydrogen) atoms. The minimum Gasteiger partial charge on any atom is -0.346 e. The van der Waals surface area contributed by atoms with Crippen LogP contribution in [0.5, 0.6) is 0 Å². The first-order valence-corrected chi connectivity index (χ1v) is 9.97. The maximum absolute atomic E-state index is 12.5. The van der Waals surface area contributed by atoms with E-state index < -0.39 is 0 Å². The number of nitrogens with zero attached hydrogens (tertiary/aromatic N) is 1. The first-order valence-electron chi connectivity index (χ1n) is 8.61. The quantitative estimate of drug-likeness (QED) is 0.283. The van der Waals surface area contributed by atoms with Crippen molar-refractivity contribution in [2.75, 3.05) is 0 Å². The minimum atomic E-state index is -0.143. The molecule has 5 nitrogen and oxygen atoms in total. The van der Waals surface area contributed by atoms with E-state index in [1.807, 2.05) is 19.1 Å². The number of hydrogen-bond donors (Lipinski definition) is 2. The highest BCUT2D eigenvalue weighted by molar-refractivity contribution is 7.98. The van der Waals surface area contributed by atoms with Gasteiger partial charge in [-0.2, -0.15) is 0 Å². The summed E-state index contributed by atoms with van der Waals surface area (Å²) >= 11 is 7.31. The maximum atomic E-state index is 12.5. The van der Waals surface area contributed by atoms with E-state index in [1.54, 1.807) is 42.6 Å². The van der Waals surface area contributed by atoms with Crippen molar-refractivity contribution in [1.82, 2.24) is 15.0 Å². The molecule has 7 heteroatoms. The van der Waals surface area contributed by atoms with E-state index in [1.165, 1.54) is 11.8 Å². The maximum Gasteiger partial charge on any atom is 0.261 e. The van der Waals surface area contributed by atoms with Crippen LogP contribution in [0.4, 0.5) is 0 Å². The number of hydrogen-bond acceptors (Lipinski definition) is 4. The fourth-order valence-electron chi connectivity index (χ4n) is 2.91. The molecule has 140 valence electrons. The number of benzene rings is 2. The SMILES string of the molecule is Cc1c[nH]c2nc(SCc3ccc(C(=O)c4ccc(Cl)cc4)cc3)[nH]c(=O)c12. The summed E-state index contributed by atoms with van der Waals surface area (Å²) in [4.78, 5) is 35.0. The molecule has 0 unspecified atom stereocenters. The zero-order valence-electron chi connectivity index (χ0n) is 15.0. The number of aromatic nitrogens is 3. The lowest BCUT2D eigenvalue weighted by atomic mass is 10.0. The van der Waals surface area contributed by atoms with Crippen LogP contribution in [0.3, 0.4) is 0 Å². The third kappa shape index (κ3) is 3.74. The van der Waals surface area contributed by atoms with Crippen molar-refractivity contribution in [2.45, 2.75) is 17.8 Å². The Morgan fingerprint density at radius 1 is 1.07 bits per heavy atom. The summed E-state index contributed by atoms with van der Waals surface area (Å²) in [5, 5.41) is 1.75. The lowest BCUT2D eigenvalue weighted by molar-refractivity contribution is 0.103. The Hall–Kier alpha value is -2.83. The molecule has 2 aromatic heterocycles. The number of carbonyl (C=O) groups is 1. The number of aryl methyl sites for hydroxylation is 1. The van der Waals surface area contributed by atoms with E-state index in [-0.39, 0.29) is 11.3 Å². The molecule has 4 rings (SSSR count). The molecule has 2 aromatic carbocycles. The highest BCUT2D eigenvalue weighted by Gasteiger charge is 2.10. The summed E-state index contributed by atoms with van der Waals surface area (Å²) in [6.45, 7) is 1.87. The standard InChI is InChI=1S/C21H16ClN3O2S/c1-12-10-23-19-17(12)20(27)25-21(24-19)28-11-13-2-4-14(5-3-13)18(26)15-6-8-16(22)9-7-15/h2-10H,11H2,1H3,(H2,23,24,25,27). The number of halogens is 1. The molecular formula is C21H16ClN3O2S. The fraction of sp³-hybridized carbons (Fsp3) is 0.0952. The second-order valence-electron chi connectivity index (χ2n) is 6.39. The molecule has 0 aliphatic heterocycles. The summed E-state index contributed by atoms with van der Waals surface area (Å²) in [6, 6.07) is 14.3. The number of fused-ring (bicyclic) bond motifs is 1. The Labute approximate surface area is 170 Å². The average Bonchev–Trinajstić information content (AvgIpc) is 3.08. The Bertz CT molecular complexity index is 1210. The number of rotatable bonds is 5. The molecule has 0 spiro atoms. The van der Waals surface area contributed by atoms with Gasteiger partial charge in [-0.3, -0.25) is 9.59 Å². The molecule has 0 aliphatic rings. The van der Waals surface area contributed by atoms with E-state index in [9.17, 15) is 9.59 Å². The Kier molecular flexibility index (Phi) is 5.07. The Morgan fingerprint density at radius 3 is 2.39 bits per heavy atom. The van der Waals surface area contributed by atoms with Crippen molar-refractivity contribution in [3.63, 3.8) is 0 Å². The molecule has 2 heterocycles. The monoisotopic (exact) mass is 409 g/mol. The first kappa shape index (κ1) is 18.5. The van der Waals surface area contributed by atoms with Gasteiger partial charge < -0.3 is 9.97 Å². The van der Waals surface area contributed by atoms with E-state index in [0.717, 1.165) is 11.1 Å². The average molecular weight is 410 g/mol. The van der Waals surface area contributed by atoms with Crippen molar-refractivity contribution in [2.24, 2.45) is 0 Å². The Balaban J connectivity index is 1.47. The van der Waals surface area contributed by atoms with Gasteiger partial charge in [-0.25, -0.2) is 4.98 Å². The van der Waals surface area contributed by atoms with Crippen LogP contribution < -0.4 is 5.56 Å². The van der Waals surface area contributed by atoms with Crippen LogP contribution in [0.15, 0.2) is 64.7 Å². The van der Waals surface area contributed by atoms with Gasteiger partial charge in [-0.05, 0) is 42.3 Å². The van der Waals surface area contributed by atoms with Gasteiger partial charge in [-0.15, -0.1) is 0 Å². The highest BCUT2D eigenvalue weighted by Crippen LogP contribution is 2.21. The fourth-order valence-corrected chi connectivity index (χ4v) is 3.85. The smallest absolute Gasteiger partial charge is 0.261 e. The topological polar surface area (TPSA) is 78.6 Å². The van der Waals surface area contributed by atoms with Gasteiger partial charge >= 0.3 is 0 Å². The largest absolute Gasteiger partial charge is 0.346 e. The van der Waals surface area contributed by atoms with Gasteiger partial charge in [-0.1, -0.05) is 47.6 Å². The molecule has 0 atom stereocenters. The molecule has 0 fully saturated rings.